The molecule has 0 amide bonds. The Bertz CT molecular complexity index is 1220. The van der Waals surface area contributed by atoms with Gasteiger partial charge in [-0.2, -0.15) is 18.3 Å². The zero-order chi connectivity index (χ0) is 22.2. The van der Waals surface area contributed by atoms with E-state index >= 15 is 0 Å². The number of hydrogen-bond acceptors (Lipinski definition) is 3. The number of nitrogens with zero attached hydrogens (tertiary/aromatic N) is 2. The van der Waals surface area contributed by atoms with Crippen LogP contribution < -0.4 is 4.74 Å². The van der Waals surface area contributed by atoms with Gasteiger partial charge >= 0.3 is 6.18 Å². The highest BCUT2D eigenvalue weighted by molar-refractivity contribution is 6.31. The summed E-state index contributed by atoms with van der Waals surface area (Å²) in [4.78, 5) is 0. The highest BCUT2D eigenvalue weighted by Gasteiger charge is 2.56. The second kappa shape index (κ2) is 7.90. The van der Waals surface area contributed by atoms with Gasteiger partial charge in [0.25, 0.3) is 0 Å². The highest BCUT2D eigenvalue weighted by Crippen LogP contribution is 2.40. The van der Waals surface area contributed by atoms with Crippen LogP contribution in [-0.4, -0.2) is 27.7 Å². The monoisotopic (exact) mass is 446 g/mol. The summed E-state index contributed by atoms with van der Waals surface area (Å²) in [7, 11) is 0. The predicted octanol–water partition coefficient (Wildman–Crippen LogP) is 5.82. The van der Waals surface area contributed by atoms with Gasteiger partial charge in [-0.05, 0) is 54.4 Å². The maximum atomic E-state index is 13.9. The fourth-order valence-corrected chi connectivity index (χ4v) is 3.42. The molecule has 0 aliphatic carbocycles. The number of rotatable bonds is 5. The summed E-state index contributed by atoms with van der Waals surface area (Å²) in [5.41, 5.74) is -1.39. The van der Waals surface area contributed by atoms with Crippen LogP contribution in [0.2, 0.25) is 5.02 Å². The topological polar surface area (TPSA) is 47.3 Å². The van der Waals surface area contributed by atoms with Gasteiger partial charge in [0.05, 0.1) is 17.4 Å². The third kappa shape index (κ3) is 3.98. The van der Waals surface area contributed by atoms with Crippen LogP contribution in [0.4, 0.5) is 13.2 Å². The largest absolute Gasteiger partial charge is 0.490 e. The fourth-order valence-electron chi connectivity index (χ4n) is 3.25. The van der Waals surface area contributed by atoms with E-state index < -0.39 is 18.4 Å². The third-order valence-electron chi connectivity index (χ3n) is 5.11. The molecule has 3 aromatic carbocycles. The lowest BCUT2D eigenvalue weighted by Crippen LogP contribution is -2.47. The van der Waals surface area contributed by atoms with Crippen LogP contribution in [0, 0.1) is 6.92 Å². The van der Waals surface area contributed by atoms with E-state index in [4.69, 9.17) is 16.3 Å². The zero-order valence-corrected chi connectivity index (χ0v) is 17.2. The third-order valence-corrected chi connectivity index (χ3v) is 5.51. The molecule has 1 aromatic heterocycles. The van der Waals surface area contributed by atoms with Gasteiger partial charge in [0, 0.05) is 10.4 Å². The summed E-state index contributed by atoms with van der Waals surface area (Å²) in [5, 5.41) is 15.8. The Hall–Kier alpha value is -3.03. The smallest absolute Gasteiger partial charge is 0.424 e. The molecule has 0 aliphatic heterocycles. The van der Waals surface area contributed by atoms with Crippen LogP contribution in [0.3, 0.4) is 0 Å². The van der Waals surface area contributed by atoms with Crippen molar-refractivity contribution in [1.29, 1.82) is 0 Å². The van der Waals surface area contributed by atoms with Crippen molar-refractivity contribution < 1.29 is 23.0 Å². The summed E-state index contributed by atoms with van der Waals surface area (Å²) < 4.78 is 48.7. The van der Waals surface area contributed by atoms with Crippen LogP contribution >= 0.6 is 11.6 Å². The van der Waals surface area contributed by atoms with E-state index in [1.165, 1.54) is 36.5 Å². The Morgan fingerprint density at radius 2 is 1.77 bits per heavy atom. The van der Waals surface area contributed by atoms with Crippen molar-refractivity contribution in [3.63, 3.8) is 0 Å². The Labute approximate surface area is 181 Å². The summed E-state index contributed by atoms with van der Waals surface area (Å²) in [6, 6.07) is 17.8. The van der Waals surface area contributed by atoms with E-state index in [9.17, 15) is 18.3 Å². The van der Waals surface area contributed by atoms with Gasteiger partial charge < -0.3 is 9.84 Å². The standard InChI is InChI=1S/C23H18ClF3N2O2/c1-15-7-9-19(12-20(15)24)31-14-22(30,23(25,26)27)17-8-10-21-16(11-17)13-28-29(21)18-5-3-2-4-6-18/h2-13,30H,14H2,1H3. The van der Waals surface area contributed by atoms with E-state index in [-0.39, 0.29) is 11.3 Å². The minimum atomic E-state index is -4.97. The first-order valence-corrected chi connectivity index (χ1v) is 9.78. The number of aromatic nitrogens is 2. The zero-order valence-electron chi connectivity index (χ0n) is 16.4. The molecule has 0 saturated heterocycles. The number of alkyl halides is 3. The molecule has 0 spiro atoms. The van der Waals surface area contributed by atoms with Crippen molar-refractivity contribution in [3.8, 4) is 11.4 Å². The number of fused-ring (bicyclic) bond motifs is 1. The van der Waals surface area contributed by atoms with Gasteiger partial charge in [-0.3, -0.25) is 0 Å². The molecule has 4 rings (SSSR count). The molecule has 31 heavy (non-hydrogen) atoms. The van der Waals surface area contributed by atoms with Crippen LogP contribution in [0.5, 0.6) is 5.75 Å². The van der Waals surface area contributed by atoms with Crippen molar-refractivity contribution in [3.05, 3.63) is 89.1 Å². The normalized spacial score (nSPS) is 13.9. The first-order chi connectivity index (χ1) is 14.7. The first-order valence-electron chi connectivity index (χ1n) is 9.41. The van der Waals surface area contributed by atoms with Crippen LogP contribution in [0.15, 0.2) is 72.9 Å². The molecule has 8 heteroatoms. The second-order valence-electron chi connectivity index (χ2n) is 7.22. The van der Waals surface area contributed by atoms with E-state index in [1.807, 2.05) is 30.3 Å². The lowest BCUT2D eigenvalue weighted by atomic mass is 9.93. The number of benzene rings is 3. The molecule has 4 aromatic rings. The number of para-hydroxylation sites is 1. The minimum Gasteiger partial charge on any atom is -0.490 e. The van der Waals surface area contributed by atoms with Gasteiger partial charge in [-0.1, -0.05) is 41.9 Å². The van der Waals surface area contributed by atoms with Crippen LogP contribution in [0.1, 0.15) is 11.1 Å². The summed E-state index contributed by atoms with van der Waals surface area (Å²) in [6.45, 7) is 0.747. The molecule has 0 fully saturated rings. The van der Waals surface area contributed by atoms with Crippen molar-refractivity contribution >= 4 is 22.5 Å². The van der Waals surface area contributed by atoms with Crippen molar-refractivity contribution in [2.75, 3.05) is 6.61 Å². The van der Waals surface area contributed by atoms with Gasteiger partial charge in [0.15, 0.2) is 0 Å². The molecule has 0 radical (unpaired) electrons. The average molecular weight is 447 g/mol. The number of ether oxygens (including phenoxy) is 1. The van der Waals surface area contributed by atoms with Crippen LogP contribution in [-0.2, 0) is 5.60 Å². The maximum Gasteiger partial charge on any atom is 0.424 e. The second-order valence-corrected chi connectivity index (χ2v) is 7.63. The SMILES string of the molecule is Cc1ccc(OCC(O)(c2ccc3c(cnn3-c3ccccc3)c2)C(F)(F)F)cc1Cl. The van der Waals surface area contributed by atoms with Gasteiger partial charge in [-0.15, -0.1) is 0 Å². The van der Waals surface area contributed by atoms with Gasteiger partial charge in [-0.25, -0.2) is 4.68 Å². The van der Waals surface area contributed by atoms with Crippen molar-refractivity contribution in [2.24, 2.45) is 0 Å². The quantitative estimate of drug-likeness (QED) is 0.420. The van der Waals surface area contributed by atoms with Crippen molar-refractivity contribution in [2.45, 2.75) is 18.7 Å². The summed E-state index contributed by atoms with van der Waals surface area (Å²) in [5.74, 6) is 0.135. The molecule has 1 N–H and O–H groups in total. The van der Waals surface area contributed by atoms with E-state index in [1.54, 1.807) is 17.7 Å². The van der Waals surface area contributed by atoms with E-state index in [2.05, 4.69) is 5.10 Å². The molecular formula is C23H18ClF3N2O2. The van der Waals surface area contributed by atoms with Gasteiger partial charge in [0.1, 0.15) is 12.4 Å². The number of aryl methyl sites for hydroxylation is 1. The Kier molecular flexibility index (Phi) is 5.41. The predicted molar refractivity (Wildman–Crippen MR) is 113 cm³/mol. The summed E-state index contributed by atoms with van der Waals surface area (Å²) in [6.07, 6.45) is -3.51. The molecule has 1 atom stereocenters. The first kappa shape index (κ1) is 21.2. The lowest BCUT2D eigenvalue weighted by Gasteiger charge is -2.31. The summed E-state index contributed by atoms with van der Waals surface area (Å²) >= 11 is 6.01. The van der Waals surface area contributed by atoms with Gasteiger partial charge in [0.2, 0.25) is 5.60 Å². The fraction of sp³-hybridized carbons (Fsp3) is 0.174. The minimum absolute atomic E-state index is 0.135. The Morgan fingerprint density at radius 3 is 2.45 bits per heavy atom. The maximum absolute atomic E-state index is 13.9. The number of halogens is 4. The molecule has 0 saturated carbocycles. The molecule has 0 bridgehead atoms. The lowest BCUT2D eigenvalue weighted by molar-refractivity contribution is -0.275. The Balaban J connectivity index is 1.69. The van der Waals surface area contributed by atoms with E-state index in [0.29, 0.717) is 15.9 Å². The average Bonchev–Trinajstić information content (AvgIpc) is 3.17. The molecule has 4 nitrogen and oxygen atoms in total. The van der Waals surface area contributed by atoms with E-state index in [0.717, 1.165) is 11.3 Å². The molecule has 1 unspecified atom stereocenters. The molecule has 0 aliphatic rings. The highest BCUT2D eigenvalue weighted by atomic mass is 35.5. The molecule has 160 valence electrons. The van der Waals surface area contributed by atoms with Crippen molar-refractivity contribution in [1.82, 2.24) is 9.78 Å². The van der Waals surface area contributed by atoms with Crippen LogP contribution in [0.25, 0.3) is 16.6 Å². The number of aliphatic hydroxyl groups is 1. The Morgan fingerprint density at radius 1 is 1.03 bits per heavy atom. The number of hydrogen-bond donors (Lipinski definition) is 1. The molecular weight excluding hydrogens is 429 g/mol. The molecule has 1 heterocycles.